The zero-order valence-electron chi connectivity index (χ0n) is 10.4. The van der Waals surface area contributed by atoms with Crippen LogP contribution in [-0.4, -0.2) is 32.2 Å². The van der Waals surface area contributed by atoms with Gasteiger partial charge in [0, 0.05) is 13.0 Å². The summed E-state index contributed by atoms with van der Waals surface area (Å²) < 4.78 is 10.9. The van der Waals surface area contributed by atoms with Crippen molar-refractivity contribution in [3.8, 4) is 0 Å². The first-order chi connectivity index (χ1) is 7.07. The second kappa shape index (κ2) is 8.86. The van der Waals surface area contributed by atoms with Gasteiger partial charge in [-0.2, -0.15) is 0 Å². The van der Waals surface area contributed by atoms with Gasteiger partial charge < -0.3 is 14.3 Å². The molecule has 0 amide bonds. The van der Waals surface area contributed by atoms with E-state index in [1.54, 1.807) is 0 Å². The van der Waals surface area contributed by atoms with Crippen molar-refractivity contribution in [2.75, 3.05) is 19.8 Å². The summed E-state index contributed by atoms with van der Waals surface area (Å²) in [6.45, 7) is 10.4. The summed E-state index contributed by atoms with van der Waals surface area (Å²) in [7, 11) is 0. The summed E-state index contributed by atoms with van der Waals surface area (Å²) in [5, 5.41) is 0. The summed E-state index contributed by atoms with van der Waals surface area (Å²) in [6.07, 6.45) is 1.44. The van der Waals surface area contributed by atoms with Crippen LogP contribution in [0.5, 0.6) is 0 Å². The van der Waals surface area contributed by atoms with Gasteiger partial charge in [0.1, 0.15) is 6.29 Å². The van der Waals surface area contributed by atoms with Crippen molar-refractivity contribution in [2.24, 2.45) is 11.8 Å². The highest BCUT2D eigenvalue weighted by Gasteiger charge is 2.09. The highest BCUT2D eigenvalue weighted by molar-refractivity contribution is 5.49. The van der Waals surface area contributed by atoms with Gasteiger partial charge in [-0.15, -0.1) is 0 Å². The summed E-state index contributed by atoms with van der Waals surface area (Å²) in [6, 6.07) is 0. The SMILES string of the molecule is CC(COCCC=O)OCC(C)C(C)C. The Labute approximate surface area is 93.1 Å². The summed E-state index contributed by atoms with van der Waals surface area (Å²) in [4.78, 5) is 10.0. The minimum atomic E-state index is 0.109. The maximum absolute atomic E-state index is 10.0. The van der Waals surface area contributed by atoms with E-state index in [0.29, 0.717) is 31.5 Å². The normalized spacial score (nSPS) is 15.3. The van der Waals surface area contributed by atoms with E-state index in [1.165, 1.54) is 0 Å². The summed E-state index contributed by atoms with van der Waals surface area (Å²) in [5.41, 5.74) is 0. The van der Waals surface area contributed by atoms with E-state index in [2.05, 4.69) is 20.8 Å². The quantitative estimate of drug-likeness (QED) is 0.438. The fourth-order valence-corrected chi connectivity index (χ4v) is 0.937. The molecule has 0 fully saturated rings. The zero-order chi connectivity index (χ0) is 11.7. The first-order valence-corrected chi connectivity index (χ1v) is 5.70. The van der Waals surface area contributed by atoms with Crippen LogP contribution in [0.1, 0.15) is 34.1 Å². The van der Waals surface area contributed by atoms with Gasteiger partial charge in [-0.3, -0.25) is 0 Å². The smallest absolute Gasteiger partial charge is 0.122 e. The number of aldehydes is 1. The Morgan fingerprint density at radius 3 is 2.33 bits per heavy atom. The number of hydrogen-bond donors (Lipinski definition) is 0. The third-order valence-electron chi connectivity index (χ3n) is 2.51. The first-order valence-electron chi connectivity index (χ1n) is 5.70. The maximum Gasteiger partial charge on any atom is 0.122 e. The Kier molecular flexibility index (Phi) is 8.62. The number of rotatable bonds is 9. The molecule has 0 heterocycles. The molecular weight excluding hydrogens is 192 g/mol. The third kappa shape index (κ3) is 8.58. The fraction of sp³-hybridized carbons (Fsp3) is 0.917. The molecule has 3 nitrogen and oxygen atoms in total. The molecule has 0 radical (unpaired) electrons. The van der Waals surface area contributed by atoms with Crippen molar-refractivity contribution >= 4 is 6.29 Å². The molecule has 0 aliphatic heterocycles. The zero-order valence-corrected chi connectivity index (χ0v) is 10.4. The highest BCUT2D eigenvalue weighted by atomic mass is 16.5. The van der Waals surface area contributed by atoms with Crippen molar-refractivity contribution in [1.29, 1.82) is 0 Å². The lowest BCUT2D eigenvalue weighted by molar-refractivity contribution is -0.109. The molecule has 2 atom stereocenters. The van der Waals surface area contributed by atoms with Crippen LogP contribution < -0.4 is 0 Å². The van der Waals surface area contributed by atoms with Crippen LogP contribution in [0.3, 0.4) is 0 Å². The molecule has 0 saturated carbocycles. The summed E-state index contributed by atoms with van der Waals surface area (Å²) in [5.74, 6) is 1.22. The molecule has 0 aliphatic carbocycles. The maximum atomic E-state index is 10.0. The number of hydrogen-bond acceptors (Lipinski definition) is 3. The molecule has 90 valence electrons. The van der Waals surface area contributed by atoms with Crippen LogP contribution in [0, 0.1) is 11.8 Å². The van der Waals surface area contributed by atoms with Crippen molar-refractivity contribution in [1.82, 2.24) is 0 Å². The molecule has 0 bridgehead atoms. The van der Waals surface area contributed by atoms with Crippen LogP contribution in [0.2, 0.25) is 0 Å². The molecule has 3 heteroatoms. The number of carbonyl (C=O) groups is 1. The Morgan fingerprint density at radius 1 is 1.13 bits per heavy atom. The lowest BCUT2D eigenvalue weighted by atomic mass is 9.99. The molecule has 0 spiro atoms. The van der Waals surface area contributed by atoms with E-state index in [1.807, 2.05) is 6.92 Å². The van der Waals surface area contributed by atoms with Crippen molar-refractivity contribution < 1.29 is 14.3 Å². The van der Waals surface area contributed by atoms with Crippen LogP contribution in [0.15, 0.2) is 0 Å². The molecule has 0 aromatic carbocycles. The van der Waals surface area contributed by atoms with E-state index in [0.717, 1.165) is 12.9 Å². The average molecular weight is 216 g/mol. The van der Waals surface area contributed by atoms with E-state index in [9.17, 15) is 4.79 Å². The first kappa shape index (κ1) is 14.6. The van der Waals surface area contributed by atoms with Crippen LogP contribution in [0.4, 0.5) is 0 Å². The monoisotopic (exact) mass is 216 g/mol. The largest absolute Gasteiger partial charge is 0.378 e. The summed E-state index contributed by atoms with van der Waals surface area (Å²) >= 11 is 0. The van der Waals surface area contributed by atoms with E-state index in [-0.39, 0.29) is 6.10 Å². The second-order valence-electron chi connectivity index (χ2n) is 4.40. The van der Waals surface area contributed by atoms with Crippen molar-refractivity contribution in [3.63, 3.8) is 0 Å². The van der Waals surface area contributed by atoms with E-state index < -0.39 is 0 Å². The molecule has 0 aromatic rings. The van der Waals surface area contributed by atoms with E-state index >= 15 is 0 Å². The predicted molar refractivity (Wildman–Crippen MR) is 60.9 cm³/mol. The molecule has 2 unspecified atom stereocenters. The molecule has 0 aromatic heterocycles. The van der Waals surface area contributed by atoms with Gasteiger partial charge in [-0.05, 0) is 18.8 Å². The third-order valence-corrected chi connectivity index (χ3v) is 2.51. The van der Waals surface area contributed by atoms with Gasteiger partial charge in [0.25, 0.3) is 0 Å². The van der Waals surface area contributed by atoms with Crippen LogP contribution in [0.25, 0.3) is 0 Å². The van der Waals surface area contributed by atoms with Gasteiger partial charge in [0.05, 0.1) is 19.3 Å². The molecule has 0 N–H and O–H groups in total. The van der Waals surface area contributed by atoms with Crippen molar-refractivity contribution in [2.45, 2.75) is 40.2 Å². The minimum absolute atomic E-state index is 0.109. The van der Waals surface area contributed by atoms with Crippen LogP contribution >= 0.6 is 0 Å². The lowest BCUT2D eigenvalue weighted by Crippen LogP contribution is -2.21. The molecular formula is C12H24O3. The predicted octanol–water partition coefficient (Wildman–Crippen LogP) is 2.29. The Hall–Kier alpha value is -0.410. The molecule has 0 aliphatic rings. The molecule has 0 rings (SSSR count). The Bertz CT molecular complexity index is 157. The molecule has 15 heavy (non-hydrogen) atoms. The second-order valence-corrected chi connectivity index (χ2v) is 4.40. The fourth-order valence-electron chi connectivity index (χ4n) is 0.937. The molecule has 0 saturated heterocycles. The standard InChI is InChI=1S/C12H24O3/c1-10(2)11(3)8-15-12(4)9-14-7-5-6-13/h6,10-12H,5,7-9H2,1-4H3. The van der Waals surface area contributed by atoms with Gasteiger partial charge in [-0.1, -0.05) is 20.8 Å². The van der Waals surface area contributed by atoms with Crippen LogP contribution in [-0.2, 0) is 14.3 Å². The van der Waals surface area contributed by atoms with Crippen molar-refractivity contribution in [3.05, 3.63) is 0 Å². The van der Waals surface area contributed by atoms with Gasteiger partial charge in [-0.25, -0.2) is 0 Å². The topological polar surface area (TPSA) is 35.5 Å². The Morgan fingerprint density at radius 2 is 1.80 bits per heavy atom. The van der Waals surface area contributed by atoms with E-state index in [4.69, 9.17) is 9.47 Å². The van der Waals surface area contributed by atoms with Gasteiger partial charge in [0.2, 0.25) is 0 Å². The minimum Gasteiger partial charge on any atom is -0.378 e. The highest BCUT2D eigenvalue weighted by Crippen LogP contribution is 2.10. The number of carbonyl (C=O) groups excluding carboxylic acids is 1. The average Bonchev–Trinajstić information content (AvgIpc) is 2.20. The van der Waals surface area contributed by atoms with Gasteiger partial charge in [0.15, 0.2) is 0 Å². The number of ether oxygens (including phenoxy) is 2. The lowest BCUT2D eigenvalue weighted by Gasteiger charge is -2.19. The van der Waals surface area contributed by atoms with Gasteiger partial charge >= 0.3 is 0 Å². The Balaban J connectivity index is 3.40.